The lowest BCUT2D eigenvalue weighted by molar-refractivity contribution is -0.143. The van der Waals surface area contributed by atoms with Gasteiger partial charge in [0.25, 0.3) is 5.91 Å². The van der Waals surface area contributed by atoms with Gasteiger partial charge < -0.3 is 24.8 Å². The van der Waals surface area contributed by atoms with Crippen molar-refractivity contribution in [3.63, 3.8) is 0 Å². The number of fused-ring (bicyclic) bond motifs is 1. The van der Waals surface area contributed by atoms with E-state index in [1.807, 2.05) is 66.7 Å². The zero-order valence-corrected chi connectivity index (χ0v) is 21.7. The Hall–Kier alpha value is -4.59. The Morgan fingerprint density at radius 3 is 2.21 bits per heavy atom. The van der Waals surface area contributed by atoms with Crippen molar-refractivity contribution in [1.82, 2.24) is 5.32 Å². The van der Waals surface area contributed by atoms with Gasteiger partial charge in [0.05, 0.1) is 7.11 Å². The first-order valence-electron chi connectivity index (χ1n) is 12.2. The number of alkyl carbamates (subject to hydrolysis) is 1. The molecule has 0 bridgehead atoms. The van der Waals surface area contributed by atoms with Crippen LogP contribution in [0.2, 0.25) is 0 Å². The van der Waals surface area contributed by atoms with Gasteiger partial charge in [-0.2, -0.15) is 0 Å². The maximum Gasteiger partial charge on any atom is 0.408 e. The van der Waals surface area contributed by atoms with Gasteiger partial charge in [0.15, 0.2) is 0 Å². The first-order chi connectivity index (χ1) is 18.1. The molecule has 2 amide bonds. The van der Waals surface area contributed by atoms with Crippen LogP contribution in [0, 0.1) is 0 Å². The largest absolute Gasteiger partial charge is 0.467 e. The molecule has 3 aromatic carbocycles. The summed E-state index contributed by atoms with van der Waals surface area (Å²) in [7, 11) is 1.27. The summed E-state index contributed by atoms with van der Waals surface area (Å²) in [5, 5.41) is 5.44. The molecule has 38 heavy (non-hydrogen) atoms. The molecule has 1 heterocycles. The number of nitrogens with one attached hydrogen (secondary N) is 2. The number of para-hydroxylation sites is 1. The molecular weight excluding hydrogens is 484 g/mol. The van der Waals surface area contributed by atoms with Gasteiger partial charge in [0.1, 0.15) is 23.1 Å². The summed E-state index contributed by atoms with van der Waals surface area (Å²) in [5.41, 5.74) is 3.31. The summed E-state index contributed by atoms with van der Waals surface area (Å²) in [6, 6.07) is 21.3. The number of benzene rings is 3. The fourth-order valence-corrected chi connectivity index (χ4v) is 3.93. The van der Waals surface area contributed by atoms with E-state index in [9.17, 15) is 14.4 Å². The van der Waals surface area contributed by atoms with Gasteiger partial charge in [-0.05, 0) is 68.3 Å². The molecule has 0 aliphatic carbocycles. The first kappa shape index (κ1) is 26.5. The SMILES string of the molecule is COC(=O)C(Cc1ccc(Oc2ccc(C=C3C(=O)Nc4ccccc43)cc2)cc1)NC(=O)OC(C)(C)C. The minimum absolute atomic E-state index is 0.123. The van der Waals surface area contributed by atoms with Crippen LogP contribution in [-0.2, 0) is 25.5 Å². The summed E-state index contributed by atoms with van der Waals surface area (Å²) in [6.45, 7) is 5.24. The number of carbonyl (C=O) groups excluding carboxylic acids is 3. The monoisotopic (exact) mass is 514 g/mol. The first-order valence-corrected chi connectivity index (χ1v) is 12.2. The smallest absolute Gasteiger partial charge is 0.408 e. The van der Waals surface area contributed by atoms with Crippen molar-refractivity contribution >= 4 is 35.3 Å². The fourth-order valence-electron chi connectivity index (χ4n) is 3.93. The van der Waals surface area contributed by atoms with Crippen molar-refractivity contribution < 1.29 is 28.6 Å². The Balaban J connectivity index is 1.39. The average molecular weight is 515 g/mol. The van der Waals surface area contributed by atoms with Crippen LogP contribution < -0.4 is 15.4 Å². The number of esters is 1. The Morgan fingerprint density at radius 2 is 1.58 bits per heavy atom. The second kappa shape index (κ2) is 11.2. The van der Waals surface area contributed by atoms with Crippen molar-refractivity contribution in [2.45, 2.75) is 38.8 Å². The maximum atomic E-state index is 12.3. The quantitative estimate of drug-likeness (QED) is 0.315. The van der Waals surface area contributed by atoms with Gasteiger partial charge in [-0.3, -0.25) is 4.79 Å². The zero-order chi connectivity index (χ0) is 27.3. The number of rotatable bonds is 7. The molecule has 0 radical (unpaired) electrons. The highest BCUT2D eigenvalue weighted by Crippen LogP contribution is 2.33. The van der Waals surface area contributed by atoms with Crippen molar-refractivity contribution in [2.24, 2.45) is 0 Å². The molecule has 4 rings (SSSR count). The molecule has 1 aliphatic heterocycles. The molecular formula is C30H30N2O6. The number of methoxy groups -OCH3 is 1. The van der Waals surface area contributed by atoms with E-state index in [2.05, 4.69) is 10.6 Å². The zero-order valence-electron chi connectivity index (χ0n) is 21.7. The fraction of sp³-hybridized carbons (Fsp3) is 0.233. The third-order valence-corrected chi connectivity index (χ3v) is 5.68. The Kier molecular flexibility index (Phi) is 7.81. The lowest BCUT2D eigenvalue weighted by Gasteiger charge is -2.22. The predicted molar refractivity (Wildman–Crippen MR) is 145 cm³/mol. The Bertz CT molecular complexity index is 1350. The van der Waals surface area contributed by atoms with Gasteiger partial charge >= 0.3 is 12.1 Å². The van der Waals surface area contributed by atoms with Crippen molar-refractivity contribution in [3.8, 4) is 11.5 Å². The molecule has 1 aliphatic rings. The number of ether oxygens (including phenoxy) is 3. The van der Waals surface area contributed by atoms with E-state index < -0.39 is 23.7 Å². The minimum Gasteiger partial charge on any atom is -0.467 e. The van der Waals surface area contributed by atoms with E-state index in [0.717, 1.165) is 22.4 Å². The normalized spacial score (nSPS) is 14.3. The van der Waals surface area contributed by atoms with E-state index in [1.54, 1.807) is 32.9 Å². The number of carbonyl (C=O) groups is 3. The summed E-state index contributed by atoms with van der Waals surface area (Å²) in [4.78, 5) is 36.7. The highest BCUT2D eigenvalue weighted by atomic mass is 16.6. The molecule has 0 spiro atoms. The minimum atomic E-state index is -0.891. The van der Waals surface area contributed by atoms with Crippen LogP contribution in [0.5, 0.6) is 11.5 Å². The van der Waals surface area contributed by atoms with Crippen LogP contribution in [0.3, 0.4) is 0 Å². The standard InChI is InChI=1S/C30H30N2O6/c1-30(2,3)38-29(35)32-26(28(34)36-4)18-20-11-15-22(16-12-20)37-21-13-9-19(10-14-21)17-24-23-7-5-6-8-25(23)31-27(24)33/h5-17,26H,18H2,1-4H3,(H,31,33)(H,32,35). The van der Waals surface area contributed by atoms with Crippen LogP contribution in [0.25, 0.3) is 11.6 Å². The third kappa shape index (κ3) is 6.79. The van der Waals surface area contributed by atoms with Gasteiger partial charge in [-0.15, -0.1) is 0 Å². The number of anilines is 1. The molecule has 0 saturated carbocycles. The molecule has 8 nitrogen and oxygen atoms in total. The summed E-state index contributed by atoms with van der Waals surface area (Å²) in [6.07, 6.45) is 1.39. The van der Waals surface area contributed by atoms with Crippen molar-refractivity contribution in [1.29, 1.82) is 0 Å². The summed E-state index contributed by atoms with van der Waals surface area (Å²) < 4.78 is 16.0. The van der Waals surface area contributed by atoms with E-state index in [0.29, 0.717) is 17.1 Å². The van der Waals surface area contributed by atoms with Gasteiger partial charge in [0.2, 0.25) is 0 Å². The van der Waals surface area contributed by atoms with Crippen molar-refractivity contribution in [2.75, 3.05) is 12.4 Å². The highest BCUT2D eigenvalue weighted by molar-refractivity contribution is 6.34. The van der Waals surface area contributed by atoms with Crippen LogP contribution >= 0.6 is 0 Å². The second-order valence-corrected chi connectivity index (χ2v) is 9.80. The lowest BCUT2D eigenvalue weighted by Crippen LogP contribution is -2.45. The van der Waals surface area contributed by atoms with Gasteiger partial charge in [-0.1, -0.05) is 42.5 Å². The Morgan fingerprint density at radius 1 is 0.947 bits per heavy atom. The topological polar surface area (TPSA) is 103 Å². The molecule has 8 heteroatoms. The molecule has 196 valence electrons. The number of hydrogen-bond donors (Lipinski definition) is 2. The molecule has 3 aromatic rings. The van der Waals surface area contributed by atoms with Crippen LogP contribution in [0.15, 0.2) is 72.8 Å². The van der Waals surface area contributed by atoms with Crippen LogP contribution in [0.4, 0.5) is 10.5 Å². The van der Waals surface area contributed by atoms with E-state index in [-0.39, 0.29) is 12.3 Å². The van der Waals surface area contributed by atoms with Gasteiger partial charge in [0, 0.05) is 23.2 Å². The van der Waals surface area contributed by atoms with Gasteiger partial charge in [-0.25, -0.2) is 9.59 Å². The molecule has 1 unspecified atom stereocenters. The molecule has 0 saturated heterocycles. The highest BCUT2D eigenvalue weighted by Gasteiger charge is 2.25. The molecule has 0 fully saturated rings. The van der Waals surface area contributed by atoms with Crippen LogP contribution in [-0.4, -0.2) is 36.7 Å². The maximum absolute atomic E-state index is 12.3. The summed E-state index contributed by atoms with van der Waals surface area (Å²) >= 11 is 0. The third-order valence-electron chi connectivity index (χ3n) is 5.68. The number of amides is 2. The van der Waals surface area contributed by atoms with E-state index in [4.69, 9.17) is 14.2 Å². The average Bonchev–Trinajstić information content (AvgIpc) is 3.19. The Labute approximate surface area is 221 Å². The van der Waals surface area contributed by atoms with E-state index >= 15 is 0 Å². The summed E-state index contributed by atoms with van der Waals surface area (Å²) in [5.74, 6) is 0.557. The van der Waals surface area contributed by atoms with Crippen LogP contribution in [0.1, 0.15) is 37.5 Å². The second-order valence-electron chi connectivity index (χ2n) is 9.80. The molecule has 0 aromatic heterocycles. The predicted octanol–water partition coefficient (Wildman–Crippen LogP) is 5.58. The number of hydrogen-bond acceptors (Lipinski definition) is 6. The lowest BCUT2D eigenvalue weighted by atomic mass is 10.0. The van der Waals surface area contributed by atoms with E-state index in [1.165, 1.54) is 7.11 Å². The molecule has 2 N–H and O–H groups in total. The van der Waals surface area contributed by atoms with Crippen molar-refractivity contribution in [3.05, 3.63) is 89.5 Å². The molecule has 1 atom stereocenters.